The molecule has 6 heteroatoms. The minimum absolute atomic E-state index is 0.0393. The standard InChI is InChI=1S/C10H10Cl2O3S/c1-7-6-8(16(14,15)5-4-11)2-3-9(7)10(12)13/h2-3,6H,4-5H2,1H3. The Balaban J connectivity index is 3.21. The van der Waals surface area contributed by atoms with Crippen LogP contribution >= 0.6 is 23.2 Å². The highest BCUT2D eigenvalue weighted by molar-refractivity contribution is 7.91. The van der Waals surface area contributed by atoms with E-state index in [-0.39, 0.29) is 16.5 Å². The van der Waals surface area contributed by atoms with Crippen LogP contribution in [0.3, 0.4) is 0 Å². The molecule has 1 aromatic rings. The van der Waals surface area contributed by atoms with Crippen LogP contribution in [0.15, 0.2) is 23.1 Å². The number of hydrogen-bond acceptors (Lipinski definition) is 3. The lowest BCUT2D eigenvalue weighted by atomic mass is 10.1. The third-order valence-corrected chi connectivity index (χ3v) is 4.45. The molecular formula is C10H10Cl2O3S. The summed E-state index contributed by atoms with van der Waals surface area (Å²) in [5, 5.41) is -0.598. The molecule has 16 heavy (non-hydrogen) atoms. The number of aryl methyl sites for hydroxylation is 1. The molecule has 0 amide bonds. The van der Waals surface area contributed by atoms with E-state index in [1.54, 1.807) is 6.92 Å². The summed E-state index contributed by atoms with van der Waals surface area (Å²) in [6.07, 6.45) is 0. The van der Waals surface area contributed by atoms with Crippen LogP contribution < -0.4 is 0 Å². The van der Waals surface area contributed by atoms with Gasteiger partial charge in [-0.2, -0.15) is 0 Å². The average Bonchev–Trinajstić information content (AvgIpc) is 2.16. The van der Waals surface area contributed by atoms with E-state index in [4.69, 9.17) is 23.2 Å². The number of benzene rings is 1. The Morgan fingerprint density at radius 1 is 1.38 bits per heavy atom. The zero-order valence-electron chi connectivity index (χ0n) is 8.54. The first-order valence-corrected chi connectivity index (χ1v) is 7.04. The maximum Gasteiger partial charge on any atom is 0.252 e. The number of hydrogen-bond donors (Lipinski definition) is 0. The molecule has 0 atom stereocenters. The van der Waals surface area contributed by atoms with Crippen LogP contribution in [0.2, 0.25) is 0 Å². The predicted molar refractivity (Wildman–Crippen MR) is 64.1 cm³/mol. The van der Waals surface area contributed by atoms with Crippen LogP contribution in [0.25, 0.3) is 0 Å². The van der Waals surface area contributed by atoms with Crippen molar-refractivity contribution in [3.63, 3.8) is 0 Å². The summed E-state index contributed by atoms with van der Waals surface area (Å²) in [5.41, 5.74) is 0.849. The zero-order chi connectivity index (χ0) is 12.3. The van der Waals surface area contributed by atoms with Gasteiger partial charge in [-0.25, -0.2) is 8.42 Å². The van der Waals surface area contributed by atoms with Crippen molar-refractivity contribution < 1.29 is 13.2 Å². The lowest BCUT2D eigenvalue weighted by Gasteiger charge is -2.05. The van der Waals surface area contributed by atoms with E-state index in [2.05, 4.69) is 0 Å². The van der Waals surface area contributed by atoms with Crippen LogP contribution in [0.1, 0.15) is 15.9 Å². The first-order valence-electron chi connectivity index (χ1n) is 4.47. The fourth-order valence-corrected chi connectivity index (χ4v) is 3.16. The van der Waals surface area contributed by atoms with Crippen LogP contribution in [0.5, 0.6) is 0 Å². The second-order valence-electron chi connectivity index (χ2n) is 3.26. The Morgan fingerprint density at radius 2 is 2.00 bits per heavy atom. The summed E-state index contributed by atoms with van der Waals surface area (Å²) in [6, 6.07) is 4.20. The first kappa shape index (κ1) is 13.5. The molecule has 1 aromatic carbocycles. The van der Waals surface area contributed by atoms with Gasteiger partial charge in [-0.05, 0) is 42.3 Å². The van der Waals surface area contributed by atoms with Crippen molar-refractivity contribution in [2.24, 2.45) is 0 Å². The number of sulfone groups is 1. The molecule has 0 aliphatic heterocycles. The number of rotatable bonds is 4. The van der Waals surface area contributed by atoms with E-state index in [1.807, 2.05) is 0 Å². The Kier molecular flexibility index (Phi) is 4.35. The molecule has 0 saturated heterocycles. The van der Waals surface area contributed by atoms with Crippen molar-refractivity contribution in [2.75, 3.05) is 11.6 Å². The largest absolute Gasteiger partial charge is 0.276 e. The fraction of sp³-hybridized carbons (Fsp3) is 0.300. The molecule has 0 fully saturated rings. The zero-order valence-corrected chi connectivity index (χ0v) is 10.9. The van der Waals surface area contributed by atoms with Crippen LogP contribution in [0.4, 0.5) is 0 Å². The average molecular weight is 281 g/mol. The molecule has 1 rings (SSSR count). The van der Waals surface area contributed by atoms with Crippen molar-refractivity contribution in [3.8, 4) is 0 Å². The molecule has 0 aliphatic rings. The molecule has 0 unspecified atom stereocenters. The highest BCUT2D eigenvalue weighted by atomic mass is 35.5. The lowest BCUT2D eigenvalue weighted by molar-refractivity contribution is 0.108. The molecule has 0 aliphatic carbocycles. The third kappa shape index (κ3) is 2.97. The van der Waals surface area contributed by atoms with E-state index >= 15 is 0 Å². The second kappa shape index (κ2) is 5.17. The van der Waals surface area contributed by atoms with Crippen molar-refractivity contribution in [3.05, 3.63) is 29.3 Å². The summed E-state index contributed by atoms with van der Waals surface area (Å²) >= 11 is 10.7. The molecule has 0 spiro atoms. The Bertz CT molecular complexity index is 509. The molecule has 0 radical (unpaired) electrons. The molecule has 0 bridgehead atoms. The highest BCUT2D eigenvalue weighted by Crippen LogP contribution is 2.18. The Labute approximate surface area is 104 Å². The van der Waals surface area contributed by atoms with E-state index < -0.39 is 15.1 Å². The molecule has 88 valence electrons. The van der Waals surface area contributed by atoms with Gasteiger partial charge in [0, 0.05) is 11.4 Å². The van der Waals surface area contributed by atoms with Gasteiger partial charge in [0.05, 0.1) is 10.6 Å². The number of alkyl halides is 1. The van der Waals surface area contributed by atoms with Crippen LogP contribution in [0, 0.1) is 6.92 Å². The SMILES string of the molecule is Cc1cc(S(=O)(=O)CCCl)ccc1C(=O)Cl. The number of carbonyl (C=O) groups is 1. The van der Waals surface area contributed by atoms with E-state index in [9.17, 15) is 13.2 Å². The number of halogens is 2. The second-order valence-corrected chi connectivity index (χ2v) is 6.09. The molecule has 0 aromatic heterocycles. The van der Waals surface area contributed by atoms with Crippen molar-refractivity contribution >= 4 is 38.3 Å². The smallest absolute Gasteiger partial charge is 0.252 e. The van der Waals surface area contributed by atoms with Gasteiger partial charge in [0.25, 0.3) is 5.24 Å². The minimum atomic E-state index is -3.36. The van der Waals surface area contributed by atoms with Gasteiger partial charge in [-0.3, -0.25) is 4.79 Å². The molecule has 0 heterocycles. The Morgan fingerprint density at radius 3 is 2.44 bits per heavy atom. The fourth-order valence-electron chi connectivity index (χ4n) is 1.27. The number of carbonyl (C=O) groups excluding carboxylic acids is 1. The van der Waals surface area contributed by atoms with Crippen LogP contribution in [-0.4, -0.2) is 25.3 Å². The quantitative estimate of drug-likeness (QED) is 0.629. The monoisotopic (exact) mass is 280 g/mol. The van der Waals surface area contributed by atoms with Gasteiger partial charge in [0.2, 0.25) is 0 Å². The summed E-state index contributed by atoms with van der Waals surface area (Å²) < 4.78 is 23.3. The van der Waals surface area contributed by atoms with Crippen molar-refractivity contribution in [1.82, 2.24) is 0 Å². The van der Waals surface area contributed by atoms with Crippen molar-refractivity contribution in [2.45, 2.75) is 11.8 Å². The van der Waals surface area contributed by atoms with Gasteiger partial charge in [-0.1, -0.05) is 0 Å². The summed E-state index contributed by atoms with van der Waals surface area (Å²) in [5.74, 6) is -0.0836. The topological polar surface area (TPSA) is 51.2 Å². The summed E-state index contributed by atoms with van der Waals surface area (Å²) in [7, 11) is -3.36. The van der Waals surface area contributed by atoms with Crippen molar-refractivity contribution in [1.29, 1.82) is 0 Å². The van der Waals surface area contributed by atoms with Gasteiger partial charge < -0.3 is 0 Å². The van der Waals surface area contributed by atoms with E-state index in [0.717, 1.165) is 0 Å². The molecule has 0 saturated carbocycles. The minimum Gasteiger partial charge on any atom is -0.276 e. The molecule has 0 N–H and O–H groups in total. The van der Waals surface area contributed by atoms with E-state index in [0.29, 0.717) is 11.1 Å². The predicted octanol–water partition coefficient (Wildman–Crippen LogP) is 2.39. The molecule has 3 nitrogen and oxygen atoms in total. The van der Waals surface area contributed by atoms with Gasteiger partial charge in [0.1, 0.15) is 0 Å². The van der Waals surface area contributed by atoms with Gasteiger partial charge >= 0.3 is 0 Å². The van der Waals surface area contributed by atoms with E-state index in [1.165, 1.54) is 18.2 Å². The first-order chi connectivity index (χ1) is 7.38. The highest BCUT2D eigenvalue weighted by Gasteiger charge is 2.15. The third-order valence-electron chi connectivity index (χ3n) is 2.11. The lowest BCUT2D eigenvalue weighted by Crippen LogP contribution is -2.08. The van der Waals surface area contributed by atoms with Gasteiger partial charge in [0.15, 0.2) is 9.84 Å². The van der Waals surface area contributed by atoms with Crippen LogP contribution in [-0.2, 0) is 9.84 Å². The molecular weight excluding hydrogens is 271 g/mol. The van der Waals surface area contributed by atoms with Gasteiger partial charge in [-0.15, -0.1) is 11.6 Å². The maximum atomic E-state index is 11.7. The normalized spacial score (nSPS) is 11.4. The summed E-state index contributed by atoms with van der Waals surface area (Å²) in [6.45, 7) is 1.63. The maximum absolute atomic E-state index is 11.7. The summed E-state index contributed by atoms with van der Waals surface area (Å²) in [4.78, 5) is 11.1. The Hall–Kier alpha value is -0.580.